The molecule has 8 nitrogen and oxygen atoms in total. The van der Waals surface area contributed by atoms with Gasteiger partial charge >= 0.3 is 11.8 Å². The zero-order valence-electron chi connectivity index (χ0n) is 19.2. The Bertz CT molecular complexity index is 1200. The largest absolute Gasteiger partial charge is 0.484 e. The van der Waals surface area contributed by atoms with Crippen LogP contribution in [0.3, 0.4) is 0 Å². The Labute approximate surface area is 198 Å². The topological polar surface area (TPSA) is 109 Å². The van der Waals surface area contributed by atoms with Gasteiger partial charge in [0, 0.05) is 11.4 Å². The Morgan fingerprint density at radius 2 is 1.50 bits per heavy atom. The highest BCUT2D eigenvalue weighted by Gasteiger charge is 2.12. The molecule has 0 aliphatic carbocycles. The lowest BCUT2D eigenvalue weighted by Gasteiger charge is -2.10. The first-order valence-electron chi connectivity index (χ1n) is 10.6. The van der Waals surface area contributed by atoms with E-state index in [1.807, 2.05) is 51.1 Å². The van der Waals surface area contributed by atoms with Crippen LogP contribution in [-0.4, -0.2) is 30.5 Å². The van der Waals surface area contributed by atoms with Gasteiger partial charge in [-0.05, 0) is 79.9 Å². The summed E-state index contributed by atoms with van der Waals surface area (Å²) >= 11 is 0. The monoisotopic (exact) mass is 458 g/mol. The number of hydrogen-bond donors (Lipinski definition) is 3. The van der Waals surface area contributed by atoms with E-state index >= 15 is 0 Å². The summed E-state index contributed by atoms with van der Waals surface area (Å²) in [6.45, 7) is 5.68. The summed E-state index contributed by atoms with van der Waals surface area (Å²) in [5, 5.41) is 9.13. The molecule has 34 heavy (non-hydrogen) atoms. The van der Waals surface area contributed by atoms with Gasteiger partial charge in [-0.3, -0.25) is 14.4 Å². The van der Waals surface area contributed by atoms with E-state index < -0.39 is 11.8 Å². The van der Waals surface area contributed by atoms with Crippen molar-refractivity contribution in [2.45, 2.75) is 20.8 Å². The Morgan fingerprint density at radius 1 is 0.824 bits per heavy atom. The summed E-state index contributed by atoms with van der Waals surface area (Å²) in [4.78, 5) is 36.0. The van der Waals surface area contributed by atoms with Crippen LogP contribution in [0.15, 0.2) is 71.8 Å². The highest BCUT2D eigenvalue weighted by molar-refractivity contribution is 6.39. The molecule has 0 unspecified atom stereocenters. The predicted octanol–water partition coefficient (Wildman–Crippen LogP) is 3.72. The van der Waals surface area contributed by atoms with Crippen molar-refractivity contribution in [1.29, 1.82) is 0 Å². The molecule has 174 valence electrons. The fourth-order valence-corrected chi connectivity index (χ4v) is 2.90. The van der Waals surface area contributed by atoms with Crippen LogP contribution in [0, 0.1) is 20.8 Å². The number of hydrogen-bond acceptors (Lipinski definition) is 5. The Kier molecular flexibility index (Phi) is 8.12. The van der Waals surface area contributed by atoms with E-state index in [0.717, 1.165) is 22.4 Å². The maximum atomic E-state index is 12.2. The second-order valence-corrected chi connectivity index (χ2v) is 7.74. The molecule has 0 saturated heterocycles. The molecule has 8 heteroatoms. The third-order valence-corrected chi connectivity index (χ3v) is 4.81. The number of amides is 3. The van der Waals surface area contributed by atoms with E-state index in [0.29, 0.717) is 17.0 Å². The van der Waals surface area contributed by atoms with Gasteiger partial charge in [0.25, 0.3) is 5.91 Å². The quantitative estimate of drug-likeness (QED) is 0.285. The van der Waals surface area contributed by atoms with Gasteiger partial charge in [-0.1, -0.05) is 29.8 Å². The van der Waals surface area contributed by atoms with Crippen LogP contribution >= 0.6 is 0 Å². The number of hydrazone groups is 1. The van der Waals surface area contributed by atoms with Crippen molar-refractivity contribution in [3.8, 4) is 5.75 Å². The summed E-state index contributed by atoms with van der Waals surface area (Å²) in [7, 11) is 0. The van der Waals surface area contributed by atoms with Gasteiger partial charge in [-0.2, -0.15) is 5.10 Å². The first kappa shape index (κ1) is 24.2. The predicted molar refractivity (Wildman–Crippen MR) is 132 cm³/mol. The fourth-order valence-electron chi connectivity index (χ4n) is 2.90. The van der Waals surface area contributed by atoms with Crippen molar-refractivity contribution in [3.63, 3.8) is 0 Å². The summed E-state index contributed by atoms with van der Waals surface area (Å²) in [5.41, 5.74) is 7.21. The highest BCUT2D eigenvalue weighted by atomic mass is 16.5. The number of carbonyl (C=O) groups excluding carboxylic acids is 3. The molecular formula is C26H26N4O4. The molecule has 0 aromatic heterocycles. The second kappa shape index (κ2) is 11.4. The molecule has 0 aliphatic heterocycles. The summed E-state index contributed by atoms with van der Waals surface area (Å²) in [6.07, 6.45) is 1.40. The van der Waals surface area contributed by atoms with Gasteiger partial charge in [-0.25, -0.2) is 5.43 Å². The lowest BCUT2D eigenvalue weighted by molar-refractivity contribution is -0.136. The van der Waals surface area contributed by atoms with Gasteiger partial charge in [0.1, 0.15) is 5.75 Å². The molecule has 3 amide bonds. The van der Waals surface area contributed by atoms with Crippen LogP contribution in [0.2, 0.25) is 0 Å². The number of anilines is 2. The number of carbonyl (C=O) groups is 3. The average molecular weight is 459 g/mol. The fraction of sp³-hybridized carbons (Fsp3) is 0.154. The molecule has 3 aromatic rings. The van der Waals surface area contributed by atoms with Crippen LogP contribution < -0.4 is 20.8 Å². The Hall–Kier alpha value is -4.46. The number of benzene rings is 3. The number of aryl methyl sites for hydroxylation is 3. The van der Waals surface area contributed by atoms with E-state index in [-0.39, 0.29) is 12.5 Å². The molecule has 0 spiro atoms. The molecule has 3 aromatic carbocycles. The highest BCUT2D eigenvalue weighted by Crippen LogP contribution is 2.17. The van der Waals surface area contributed by atoms with Crippen LogP contribution in [0.1, 0.15) is 22.3 Å². The minimum Gasteiger partial charge on any atom is -0.484 e. The lowest BCUT2D eigenvalue weighted by atomic mass is 10.1. The van der Waals surface area contributed by atoms with E-state index in [4.69, 9.17) is 4.74 Å². The van der Waals surface area contributed by atoms with Gasteiger partial charge in [0.05, 0.1) is 6.21 Å². The molecule has 0 saturated carbocycles. The van der Waals surface area contributed by atoms with Crippen molar-refractivity contribution < 1.29 is 19.1 Å². The van der Waals surface area contributed by atoms with Crippen LogP contribution in [0.4, 0.5) is 11.4 Å². The van der Waals surface area contributed by atoms with Crippen molar-refractivity contribution in [2.75, 3.05) is 17.2 Å². The van der Waals surface area contributed by atoms with Gasteiger partial charge in [-0.15, -0.1) is 0 Å². The van der Waals surface area contributed by atoms with Crippen molar-refractivity contribution >= 4 is 35.3 Å². The molecule has 0 fully saturated rings. The number of ether oxygens (including phenoxy) is 1. The summed E-state index contributed by atoms with van der Waals surface area (Å²) in [5.74, 6) is -1.45. The van der Waals surface area contributed by atoms with Gasteiger partial charge in [0.2, 0.25) is 0 Å². The minimum atomic E-state index is -0.883. The van der Waals surface area contributed by atoms with Crippen molar-refractivity contribution in [2.24, 2.45) is 5.10 Å². The van der Waals surface area contributed by atoms with Crippen LogP contribution in [0.5, 0.6) is 5.75 Å². The minimum absolute atomic E-state index is 0.132. The van der Waals surface area contributed by atoms with Crippen molar-refractivity contribution in [3.05, 3.63) is 89.0 Å². The summed E-state index contributed by atoms with van der Waals surface area (Å²) < 4.78 is 5.52. The second-order valence-electron chi connectivity index (χ2n) is 7.74. The zero-order valence-corrected chi connectivity index (χ0v) is 19.2. The molecule has 0 aliphatic rings. The third kappa shape index (κ3) is 7.30. The maximum absolute atomic E-state index is 12.2. The first-order valence-corrected chi connectivity index (χ1v) is 10.6. The van der Waals surface area contributed by atoms with E-state index in [2.05, 4.69) is 21.2 Å². The Morgan fingerprint density at radius 3 is 2.21 bits per heavy atom. The molecule has 0 heterocycles. The smallest absolute Gasteiger partial charge is 0.329 e. The van der Waals surface area contributed by atoms with Crippen LogP contribution in [0.25, 0.3) is 0 Å². The number of nitrogens with one attached hydrogen (secondary N) is 3. The van der Waals surface area contributed by atoms with Crippen molar-refractivity contribution in [1.82, 2.24) is 5.43 Å². The standard InChI is InChI=1S/C26H26N4O4/c1-17-5-10-21(11-6-17)28-25(32)26(33)30-27-15-20-8-12-22(13-9-20)34-16-24(31)29-23-14-18(2)4-7-19(23)3/h4-15H,16H2,1-3H3,(H,28,32)(H,29,31)(H,30,33)/b27-15-. The van der Waals surface area contributed by atoms with Gasteiger partial charge < -0.3 is 15.4 Å². The molecule has 0 bridgehead atoms. The molecule has 0 atom stereocenters. The summed E-state index contributed by atoms with van der Waals surface area (Å²) in [6, 6.07) is 19.7. The Balaban J connectivity index is 1.44. The normalized spacial score (nSPS) is 10.6. The third-order valence-electron chi connectivity index (χ3n) is 4.81. The van der Waals surface area contributed by atoms with Crippen LogP contribution in [-0.2, 0) is 14.4 Å². The average Bonchev–Trinajstić information content (AvgIpc) is 2.82. The zero-order chi connectivity index (χ0) is 24.5. The molecule has 3 N–H and O–H groups in total. The molecule has 3 rings (SSSR count). The SMILES string of the molecule is Cc1ccc(NC(=O)C(=O)N/N=C\c2ccc(OCC(=O)Nc3cc(C)ccc3C)cc2)cc1. The lowest BCUT2D eigenvalue weighted by Crippen LogP contribution is -2.32. The number of rotatable bonds is 7. The molecule has 0 radical (unpaired) electrons. The van der Waals surface area contributed by atoms with E-state index in [1.165, 1.54) is 6.21 Å². The van der Waals surface area contributed by atoms with E-state index in [1.54, 1.807) is 36.4 Å². The first-order chi connectivity index (χ1) is 16.3. The van der Waals surface area contributed by atoms with Gasteiger partial charge in [0.15, 0.2) is 6.61 Å². The molecular weight excluding hydrogens is 432 g/mol. The maximum Gasteiger partial charge on any atom is 0.329 e. The number of nitrogens with zero attached hydrogens (tertiary/aromatic N) is 1. The van der Waals surface area contributed by atoms with E-state index in [9.17, 15) is 14.4 Å².